The Hall–Kier alpha value is -0.930. The second kappa shape index (κ2) is 5.15. The van der Waals surface area contributed by atoms with Gasteiger partial charge in [0.2, 0.25) is 0 Å². The summed E-state index contributed by atoms with van der Waals surface area (Å²) in [5.74, 6) is 0.214. The van der Waals surface area contributed by atoms with Crippen molar-refractivity contribution in [3.8, 4) is 0 Å². The van der Waals surface area contributed by atoms with Gasteiger partial charge in [0, 0.05) is 12.5 Å². The molecule has 0 spiro atoms. The number of rotatable bonds is 5. The van der Waals surface area contributed by atoms with Crippen LogP contribution >= 0.6 is 0 Å². The van der Waals surface area contributed by atoms with E-state index in [1.807, 2.05) is 6.92 Å². The van der Waals surface area contributed by atoms with Crippen molar-refractivity contribution in [2.24, 2.45) is 17.6 Å². The normalized spacial score (nSPS) is 20.9. The first-order chi connectivity index (χ1) is 8.15. The van der Waals surface area contributed by atoms with Crippen LogP contribution in [0.2, 0.25) is 0 Å². The minimum absolute atomic E-state index is 0.197. The molecule has 0 amide bonds. The zero-order valence-corrected chi connectivity index (χ0v) is 10.1. The van der Waals surface area contributed by atoms with Crippen LogP contribution in [-0.2, 0) is 0 Å². The highest BCUT2D eigenvalue weighted by atomic mass is 19.1. The third-order valence-corrected chi connectivity index (χ3v) is 3.88. The van der Waals surface area contributed by atoms with Gasteiger partial charge in [-0.2, -0.15) is 0 Å². The highest BCUT2D eigenvalue weighted by molar-refractivity contribution is 5.23. The van der Waals surface area contributed by atoms with Gasteiger partial charge in [0.15, 0.2) is 0 Å². The van der Waals surface area contributed by atoms with Crippen LogP contribution in [0.15, 0.2) is 24.3 Å². The van der Waals surface area contributed by atoms with Crippen LogP contribution in [-0.4, -0.2) is 17.8 Å². The molecule has 17 heavy (non-hydrogen) atoms. The highest BCUT2D eigenvalue weighted by Crippen LogP contribution is 2.41. The fourth-order valence-corrected chi connectivity index (χ4v) is 2.49. The number of aliphatic hydroxyl groups is 1. The predicted molar refractivity (Wildman–Crippen MR) is 66.1 cm³/mol. The van der Waals surface area contributed by atoms with E-state index >= 15 is 0 Å². The Balaban J connectivity index is 2.17. The lowest BCUT2D eigenvalue weighted by Gasteiger charge is -2.27. The number of aliphatic hydroxyl groups excluding tert-OH is 1. The molecule has 3 heteroatoms. The Labute approximate surface area is 102 Å². The number of hydrogen-bond donors (Lipinski definition) is 2. The summed E-state index contributed by atoms with van der Waals surface area (Å²) in [5.41, 5.74) is 6.24. The van der Waals surface area contributed by atoms with Gasteiger partial charge in [-0.1, -0.05) is 25.1 Å². The molecule has 1 aromatic rings. The van der Waals surface area contributed by atoms with Crippen molar-refractivity contribution in [3.63, 3.8) is 0 Å². The summed E-state index contributed by atoms with van der Waals surface area (Å²) in [7, 11) is 0. The molecule has 1 saturated carbocycles. The fraction of sp³-hybridized carbons (Fsp3) is 0.571. The van der Waals surface area contributed by atoms with E-state index in [4.69, 9.17) is 5.73 Å². The Morgan fingerprint density at radius 2 is 2.06 bits per heavy atom. The molecule has 0 heterocycles. The van der Waals surface area contributed by atoms with Crippen LogP contribution in [0, 0.1) is 17.7 Å². The molecule has 1 aliphatic carbocycles. The van der Waals surface area contributed by atoms with E-state index in [2.05, 4.69) is 0 Å². The molecule has 3 unspecified atom stereocenters. The van der Waals surface area contributed by atoms with E-state index < -0.39 is 6.10 Å². The number of halogens is 1. The van der Waals surface area contributed by atoms with E-state index in [-0.39, 0.29) is 24.2 Å². The first-order valence-corrected chi connectivity index (χ1v) is 6.27. The van der Waals surface area contributed by atoms with E-state index in [9.17, 15) is 9.50 Å². The molecule has 2 nitrogen and oxygen atoms in total. The minimum atomic E-state index is -0.551. The molecule has 0 radical (unpaired) electrons. The summed E-state index contributed by atoms with van der Waals surface area (Å²) in [4.78, 5) is 0. The van der Waals surface area contributed by atoms with E-state index in [1.54, 1.807) is 18.2 Å². The van der Waals surface area contributed by atoms with Gasteiger partial charge in [-0.05, 0) is 36.3 Å². The largest absolute Gasteiger partial charge is 0.392 e. The monoisotopic (exact) mass is 237 g/mol. The van der Waals surface area contributed by atoms with Gasteiger partial charge in [-0.3, -0.25) is 0 Å². The lowest BCUT2D eigenvalue weighted by molar-refractivity contribution is 0.0789. The third kappa shape index (κ3) is 2.67. The number of hydrogen-bond acceptors (Lipinski definition) is 2. The molecule has 1 aromatic carbocycles. The van der Waals surface area contributed by atoms with Crippen LogP contribution in [0.5, 0.6) is 0 Å². The van der Waals surface area contributed by atoms with Crippen LogP contribution in [0.4, 0.5) is 4.39 Å². The second-order valence-electron chi connectivity index (χ2n) is 5.05. The number of nitrogens with two attached hydrogens (primary N) is 1. The quantitative estimate of drug-likeness (QED) is 0.825. The highest BCUT2D eigenvalue weighted by Gasteiger charge is 2.36. The molecule has 1 fully saturated rings. The fourth-order valence-electron chi connectivity index (χ4n) is 2.49. The maximum atomic E-state index is 13.7. The van der Waals surface area contributed by atoms with Crippen LogP contribution in [0.25, 0.3) is 0 Å². The van der Waals surface area contributed by atoms with Crippen molar-refractivity contribution >= 4 is 0 Å². The standard InChI is InChI=1S/C14H20FNO/c1-9(10-6-7-10)14(17)12(8-16)11-4-2-3-5-13(11)15/h2-5,9-10,12,14,17H,6-8,16H2,1H3. The first-order valence-electron chi connectivity index (χ1n) is 6.27. The van der Waals surface area contributed by atoms with Crippen molar-refractivity contribution < 1.29 is 9.50 Å². The molecule has 2 rings (SSSR count). The molecule has 0 saturated heterocycles. The summed E-state index contributed by atoms with van der Waals surface area (Å²) < 4.78 is 13.7. The Morgan fingerprint density at radius 1 is 1.41 bits per heavy atom. The lowest BCUT2D eigenvalue weighted by Crippen LogP contribution is -2.32. The van der Waals surface area contributed by atoms with Gasteiger partial charge in [-0.15, -0.1) is 0 Å². The molecule has 0 bridgehead atoms. The van der Waals surface area contributed by atoms with Gasteiger partial charge < -0.3 is 10.8 Å². The summed E-state index contributed by atoms with van der Waals surface area (Å²) >= 11 is 0. The van der Waals surface area contributed by atoms with Gasteiger partial charge >= 0.3 is 0 Å². The smallest absolute Gasteiger partial charge is 0.126 e. The second-order valence-corrected chi connectivity index (χ2v) is 5.05. The molecule has 94 valence electrons. The van der Waals surface area contributed by atoms with Crippen molar-refractivity contribution in [1.82, 2.24) is 0 Å². The number of benzene rings is 1. The van der Waals surface area contributed by atoms with E-state index in [1.165, 1.54) is 18.9 Å². The summed E-state index contributed by atoms with van der Waals surface area (Å²) in [6.45, 7) is 2.31. The Kier molecular flexibility index (Phi) is 3.79. The molecule has 3 N–H and O–H groups in total. The Morgan fingerprint density at radius 3 is 2.59 bits per heavy atom. The van der Waals surface area contributed by atoms with Crippen LogP contribution < -0.4 is 5.73 Å². The van der Waals surface area contributed by atoms with Crippen molar-refractivity contribution in [3.05, 3.63) is 35.6 Å². The van der Waals surface area contributed by atoms with Crippen molar-refractivity contribution in [2.75, 3.05) is 6.54 Å². The topological polar surface area (TPSA) is 46.2 Å². The zero-order valence-electron chi connectivity index (χ0n) is 10.1. The summed E-state index contributed by atoms with van der Waals surface area (Å²) in [5, 5.41) is 10.3. The van der Waals surface area contributed by atoms with E-state index in [0.29, 0.717) is 11.5 Å². The van der Waals surface area contributed by atoms with Crippen molar-refractivity contribution in [1.29, 1.82) is 0 Å². The predicted octanol–water partition coefficient (Wildman–Crippen LogP) is 2.28. The molecule has 0 aromatic heterocycles. The molecule has 3 atom stereocenters. The molecular formula is C14H20FNO. The minimum Gasteiger partial charge on any atom is -0.392 e. The molecule has 0 aliphatic heterocycles. The van der Waals surface area contributed by atoms with Crippen LogP contribution in [0.3, 0.4) is 0 Å². The Bertz CT molecular complexity index is 378. The zero-order chi connectivity index (χ0) is 12.4. The van der Waals surface area contributed by atoms with Crippen molar-refractivity contribution in [2.45, 2.75) is 31.8 Å². The average molecular weight is 237 g/mol. The lowest BCUT2D eigenvalue weighted by atomic mass is 9.84. The summed E-state index contributed by atoms with van der Waals surface area (Å²) in [6, 6.07) is 6.58. The van der Waals surface area contributed by atoms with Gasteiger partial charge in [0.25, 0.3) is 0 Å². The maximum Gasteiger partial charge on any atom is 0.126 e. The molecular weight excluding hydrogens is 217 g/mol. The van der Waals surface area contributed by atoms with Crippen LogP contribution in [0.1, 0.15) is 31.2 Å². The average Bonchev–Trinajstić information content (AvgIpc) is 3.15. The maximum absolute atomic E-state index is 13.7. The third-order valence-electron chi connectivity index (χ3n) is 3.88. The van der Waals surface area contributed by atoms with Gasteiger partial charge in [-0.25, -0.2) is 4.39 Å². The van der Waals surface area contributed by atoms with Gasteiger partial charge in [0.05, 0.1) is 6.10 Å². The molecule has 1 aliphatic rings. The van der Waals surface area contributed by atoms with Gasteiger partial charge in [0.1, 0.15) is 5.82 Å². The first kappa shape index (κ1) is 12.5. The summed E-state index contributed by atoms with van der Waals surface area (Å²) in [6.07, 6.45) is 1.80. The van der Waals surface area contributed by atoms with E-state index in [0.717, 1.165) is 0 Å². The SMILES string of the molecule is CC(C1CC1)C(O)C(CN)c1ccccc1F.